The fourth-order valence-electron chi connectivity index (χ4n) is 0.325. The van der Waals surface area contributed by atoms with E-state index < -0.39 is 0 Å². The Balaban J connectivity index is 0. The molecule has 0 aromatic carbocycles. The van der Waals surface area contributed by atoms with E-state index in [0.29, 0.717) is 0 Å². The van der Waals surface area contributed by atoms with Gasteiger partial charge < -0.3 is 5.32 Å². The lowest BCUT2D eigenvalue weighted by Crippen LogP contribution is -2.09. The van der Waals surface area contributed by atoms with Crippen LogP contribution in [0.5, 0.6) is 0 Å². The lowest BCUT2D eigenvalue weighted by molar-refractivity contribution is -0.972. The fraction of sp³-hybridized carbons (Fsp3) is 1.00. The molecule has 0 aliphatic carbocycles. The number of nitrogens with one attached hydrogen (secondary N) is 1. The number of nitrogens with zero attached hydrogens (tertiary/aromatic N) is 1. The van der Waals surface area contributed by atoms with Crippen molar-refractivity contribution in [1.82, 2.24) is 5.32 Å². The molecular formula is C6H17N2O3+. The molecule has 0 fully saturated rings. The summed E-state index contributed by atoms with van der Waals surface area (Å²) in [6.45, 7) is 6.39. The minimum atomic E-state index is 0. The van der Waals surface area contributed by atoms with E-state index in [9.17, 15) is 4.91 Å². The van der Waals surface area contributed by atoms with Crippen molar-refractivity contribution in [2.24, 2.45) is 0 Å². The first-order chi connectivity index (χ1) is 5.22. The number of rotatable bonds is 4. The average Bonchev–Trinajstić information content (AvgIpc) is 2.06. The Morgan fingerprint density at radius 1 is 1.18 bits per heavy atom. The fourth-order valence-corrected chi connectivity index (χ4v) is 0.325. The molecule has 0 aliphatic rings. The van der Waals surface area contributed by atoms with Crippen LogP contribution in [0.15, 0.2) is 0 Å². The standard InChI is InChI=1S/C4H11N.C2H6NO3/c1-3-5-4-2;1-5-3(4)6-2/h5H,3-4H2,1-2H3;1-2H3/q;+1. The van der Waals surface area contributed by atoms with Gasteiger partial charge in [-0.2, -0.15) is 9.68 Å². The van der Waals surface area contributed by atoms with Crippen LogP contribution in [-0.2, 0) is 9.68 Å². The third-order valence-electron chi connectivity index (χ3n) is 0.798. The maximum absolute atomic E-state index is 9.65. The molecule has 1 N–H and O–H groups in total. The molecule has 5 nitrogen and oxygen atoms in total. The Labute approximate surface area is 67.2 Å². The van der Waals surface area contributed by atoms with Gasteiger partial charge in [-0.3, -0.25) is 0 Å². The van der Waals surface area contributed by atoms with Crippen molar-refractivity contribution in [3.05, 3.63) is 4.91 Å². The summed E-state index contributed by atoms with van der Waals surface area (Å²) in [6, 6.07) is 0. The summed E-state index contributed by atoms with van der Waals surface area (Å²) in [4.78, 5) is 17.6. The first-order valence-electron chi connectivity index (χ1n) is 3.49. The lowest BCUT2D eigenvalue weighted by atomic mass is 10.7. The lowest BCUT2D eigenvalue weighted by Gasteiger charge is -1.86. The van der Waals surface area contributed by atoms with Crippen LogP contribution in [0.2, 0.25) is 0 Å². The van der Waals surface area contributed by atoms with Gasteiger partial charge in [0, 0.05) is 0 Å². The second-order valence-corrected chi connectivity index (χ2v) is 1.55. The van der Waals surface area contributed by atoms with Gasteiger partial charge in [-0.15, -0.1) is 0 Å². The van der Waals surface area contributed by atoms with Crippen molar-refractivity contribution in [1.29, 1.82) is 0 Å². The highest BCUT2D eigenvalue weighted by atomic mass is 17.0. The highest BCUT2D eigenvalue weighted by molar-refractivity contribution is 4.27. The predicted octanol–water partition coefficient (Wildman–Crippen LogP) is 0.504. The summed E-state index contributed by atoms with van der Waals surface area (Å²) in [7, 11) is 2.44. The molecule has 0 saturated heterocycles. The summed E-state index contributed by atoms with van der Waals surface area (Å²) in [5.74, 6) is 0. The maximum Gasteiger partial charge on any atom is 0.476 e. The van der Waals surface area contributed by atoms with Crippen LogP contribution in [0.1, 0.15) is 13.8 Å². The number of hydrogen-bond acceptors (Lipinski definition) is 4. The topological polar surface area (TPSA) is 50.6 Å². The summed E-state index contributed by atoms with van der Waals surface area (Å²) >= 11 is 0. The van der Waals surface area contributed by atoms with Gasteiger partial charge in [0.05, 0.1) is 0 Å². The molecule has 0 heterocycles. The zero-order valence-electron chi connectivity index (χ0n) is 7.59. The van der Waals surface area contributed by atoms with E-state index in [1.165, 1.54) is 14.2 Å². The molecule has 11 heavy (non-hydrogen) atoms. The van der Waals surface area contributed by atoms with Crippen molar-refractivity contribution in [3.63, 3.8) is 0 Å². The van der Waals surface area contributed by atoms with Crippen LogP contribution in [0, 0.1) is 4.91 Å². The second kappa shape index (κ2) is 11.9. The normalized spacial score (nSPS) is 7.64. The highest BCUT2D eigenvalue weighted by Crippen LogP contribution is 1.66. The van der Waals surface area contributed by atoms with E-state index in [-0.39, 0.29) is 5.09 Å². The largest absolute Gasteiger partial charge is 0.476 e. The van der Waals surface area contributed by atoms with Crippen molar-refractivity contribution in [3.8, 4) is 0 Å². The van der Waals surface area contributed by atoms with Gasteiger partial charge >= 0.3 is 5.09 Å². The van der Waals surface area contributed by atoms with Crippen LogP contribution < -0.4 is 5.32 Å². The molecule has 0 spiro atoms. The summed E-state index contributed by atoms with van der Waals surface area (Å²) in [5, 5.41) is 3.11. The van der Waals surface area contributed by atoms with E-state index in [0.717, 1.165) is 13.1 Å². The molecule has 68 valence electrons. The van der Waals surface area contributed by atoms with Gasteiger partial charge in [0.2, 0.25) is 0 Å². The molecule has 0 atom stereocenters. The predicted molar refractivity (Wildman–Crippen MR) is 41.9 cm³/mol. The monoisotopic (exact) mass is 165 g/mol. The van der Waals surface area contributed by atoms with Gasteiger partial charge in [0.15, 0.2) is 14.2 Å². The molecule has 0 unspecified atom stereocenters. The van der Waals surface area contributed by atoms with Crippen molar-refractivity contribution in [2.75, 3.05) is 27.3 Å². The molecular weight excluding hydrogens is 148 g/mol. The van der Waals surface area contributed by atoms with Crippen LogP contribution in [0.4, 0.5) is 0 Å². The van der Waals surface area contributed by atoms with Crippen LogP contribution in [-0.4, -0.2) is 32.4 Å². The van der Waals surface area contributed by atoms with Crippen molar-refractivity contribution in [2.45, 2.75) is 13.8 Å². The summed E-state index contributed by atoms with van der Waals surface area (Å²) in [5.41, 5.74) is 0. The highest BCUT2D eigenvalue weighted by Gasteiger charge is 1.98. The van der Waals surface area contributed by atoms with Gasteiger partial charge in [-0.1, -0.05) is 13.8 Å². The van der Waals surface area contributed by atoms with Gasteiger partial charge in [0.1, 0.15) is 4.91 Å². The zero-order valence-corrected chi connectivity index (χ0v) is 7.59. The molecule has 0 radical (unpaired) electrons. The minimum Gasteiger partial charge on any atom is -0.317 e. The molecule has 0 aliphatic heterocycles. The van der Waals surface area contributed by atoms with Gasteiger partial charge in [-0.25, -0.2) is 0 Å². The van der Waals surface area contributed by atoms with Crippen molar-refractivity contribution >= 4 is 0 Å². The molecule has 0 bridgehead atoms. The Morgan fingerprint density at radius 3 is 1.55 bits per heavy atom. The zero-order chi connectivity index (χ0) is 9.11. The minimum absolute atomic E-state index is 0. The van der Waals surface area contributed by atoms with E-state index in [4.69, 9.17) is 0 Å². The average molecular weight is 165 g/mol. The van der Waals surface area contributed by atoms with Crippen LogP contribution in [0.25, 0.3) is 0 Å². The first-order valence-corrected chi connectivity index (χ1v) is 3.49. The first kappa shape index (κ1) is 12.8. The molecule has 0 saturated carbocycles. The summed E-state index contributed by atoms with van der Waals surface area (Å²) in [6.07, 6.45) is 0. The molecule has 0 aromatic heterocycles. The van der Waals surface area contributed by atoms with Crippen LogP contribution in [0.3, 0.4) is 0 Å². The van der Waals surface area contributed by atoms with E-state index in [1.54, 1.807) is 0 Å². The molecule has 5 heteroatoms. The Bertz CT molecular complexity index is 79.9. The maximum atomic E-state index is 9.65. The van der Waals surface area contributed by atoms with Crippen molar-refractivity contribution < 1.29 is 14.8 Å². The number of hydrogen-bond donors (Lipinski definition) is 1. The van der Waals surface area contributed by atoms with E-state index in [1.807, 2.05) is 0 Å². The summed E-state index contributed by atoms with van der Waals surface area (Å²) < 4.78 is 0. The van der Waals surface area contributed by atoms with Gasteiger partial charge in [-0.05, 0) is 13.1 Å². The molecule has 0 rings (SSSR count). The third-order valence-corrected chi connectivity index (χ3v) is 0.798. The van der Waals surface area contributed by atoms with Gasteiger partial charge in [0.25, 0.3) is 0 Å². The molecule has 0 amide bonds. The Hall–Kier alpha value is -0.840. The van der Waals surface area contributed by atoms with E-state index >= 15 is 0 Å². The Kier molecular flexibility index (Phi) is 13.8. The third kappa shape index (κ3) is 17.6. The smallest absolute Gasteiger partial charge is 0.317 e. The SMILES string of the molecule is CCNCC.CO[N+](=O)OC. The Morgan fingerprint density at radius 2 is 1.55 bits per heavy atom. The molecule has 0 aromatic rings. The quantitative estimate of drug-likeness (QED) is 0.616. The van der Waals surface area contributed by atoms with E-state index in [2.05, 4.69) is 28.8 Å². The van der Waals surface area contributed by atoms with Crippen LogP contribution >= 0.6 is 0 Å². The second-order valence-electron chi connectivity index (χ2n) is 1.55.